The molecular weight excluding hydrogens is 278 g/mol. The van der Waals surface area contributed by atoms with Gasteiger partial charge >= 0.3 is 0 Å². The summed E-state index contributed by atoms with van der Waals surface area (Å²) in [6, 6.07) is 8.94. The van der Waals surface area contributed by atoms with Gasteiger partial charge in [0.05, 0.1) is 0 Å². The van der Waals surface area contributed by atoms with Gasteiger partial charge in [-0.25, -0.2) is 0 Å². The fraction of sp³-hybridized carbons (Fsp3) is 0.684. The van der Waals surface area contributed by atoms with Crippen LogP contribution in [0.2, 0.25) is 5.02 Å². The summed E-state index contributed by atoms with van der Waals surface area (Å²) in [5, 5.41) is 4.56. The Labute approximate surface area is 135 Å². The van der Waals surface area contributed by atoms with Gasteiger partial charge in [0.1, 0.15) is 0 Å². The molecule has 118 valence electrons. The molecule has 1 nitrogen and oxygen atoms in total. The van der Waals surface area contributed by atoms with E-state index in [1.54, 1.807) is 0 Å². The molecule has 0 heterocycles. The monoisotopic (exact) mass is 307 g/mol. The molecule has 1 aliphatic rings. The van der Waals surface area contributed by atoms with Crippen molar-refractivity contribution >= 4 is 11.6 Å². The summed E-state index contributed by atoms with van der Waals surface area (Å²) in [5.74, 6) is 0.914. The lowest BCUT2D eigenvalue weighted by molar-refractivity contribution is 0.137. The van der Waals surface area contributed by atoms with Crippen molar-refractivity contribution in [1.29, 1.82) is 0 Å². The molecule has 0 aliphatic heterocycles. The highest BCUT2D eigenvalue weighted by atomic mass is 35.5. The highest BCUT2D eigenvalue weighted by molar-refractivity contribution is 6.30. The zero-order chi connectivity index (χ0) is 15.3. The lowest BCUT2D eigenvalue weighted by Crippen LogP contribution is -2.37. The number of hydrogen-bond donors (Lipinski definition) is 1. The molecular formula is C19H30ClN. The molecule has 0 radical (unpaired) electrons. The summed E-state index contributed by atoms with van der Waals surface area (Å²) >= 11 is 5.91. The van der Waals surface area contributed by atoms with Gasteiger partial charge in [0.25, 0.3) is 0 Å². The number of benzene rings is 1. The minimum absolute atomic E-state index is 0.522. The van der Waals surface area contributed by atoms with E-state index in [2.05, 4.69) is 38.2 Å². The standard InChI is InChI=1S/C19H30ClN/c1-4-19(2,3)16-7-11-18(12-8-16)21-14-13-15-5-9-17(20)10-6-15/h5-6,9-10,16,18,21H,4,7-8,11-14H2,1-3H3. The van der Waals surface area contributed by atoms with Gasteiger partial charge in [0.15, 0.2) is 0 Å². The Kier molecular flexibility index (Phi) is 6.13. The molecule has 21 heavy (non-hydrogen) atoms. The van der Waals surface area contributed by atoms with Crippen molar-refractivity contribution in [2.24, 2.45) is 11.3 Å². The lowest BCUT2D eigenvalue weighted by Gasteiger charge is -2.39. The van der Waals surface area contributed by atoms with Crippen molar-refractivity contribution < 1.29 is 0 Å². The maximum atomic E-state index is 5.91. The first-order valence-electron chi connectivity index (χ1n) is 8.49. The van der Waals surface area contributed by atoms with Gasteiger partial charge in [-0.15, -0.1) is 0 Å². The van der Waals surface area contributed by atoms with Gasteiger partial charge in [0.2, 0.25) is 0 Å². The third-order valence-electron chi connectivity index (χ3n) is 5.50. The molecule has 0 aromatic heterocycles. The topological polar surface area (TPSA) is 12.0 Å². The molecule has 2 heteroatoms. The average Bonchev–Trinajstić information content (AvgIpc) is 2.50. The normalized spacial score (nSPS) is 23.2. The molecule has 1 aromatic rings. The summed E-state index contributed by atoms with van der Waals surface area (Å²) in [4.78, 5) is 0. The fourth-order valence-corrected chi connectivity index (χ4v) is 3.57. The molecule has 0 amide bonds. The van der Waals surface area contributed by atoms with Gasteiger partial charge in [-0.05, 0) is 67.7 Å². The molecule has 0 atom stereocenters. The van der Waals surface area contributed by atoms with Crippen molar-refractivity contribution in [1.82, 2.24) is 5.32 Å². The maximum absolute atomic E-state index is 5.91. The Morgan fingerprint density at radius 3 is 2.29 bits per heavy atom. The van der Waals surface area contributed by atoms with Crippen LogP contribution in [0.5, 0.6) is 0 Å². The van der Waals surface area contributed by atoms with Crippen LogP contribution in [0.3, 0.4) is 0 Å². The molecule has 0 unspecified atom stereocenters. The van der Waals surface area contributed by atoms with Crippen molar-refractivity contribution in [2.75, 3.05) is 6.54 Å². The molecule has 1 aliphatic carbocycles. The minimum Gasteiger partial charge on any atom is -0.314 e. The Bertz CT molecular complexity index is 416. The first kappa shape index (κ1) is 16.8. The van der Waals surface area contributed by atoms with E-state index >= 15 is 0 Å². The van der Waals surface area contributed by atoms with Crippen LogP contribution in [0.15, 0.2) is 24.3 Å². The van der Waals surface area contributed by atoms with E-state index in [0.717, 1.165) is 29.9 Å². The smallest absolute Gasteiger partial charge is 0.0406 e. The van der Waals surface area contributed by atoms with Gasteiger partial charge in [-0.1, -0.05) is 50.9 Å². The van der Waals surface area contributed by atoms with E-state index in [9.17, 15) is 0 Å². The number of halogens is 1. The van der Waals surface area contributed by atoms with Crippen molar-refractivity contribution in [3.05, 3.63) is 34.9 Å². The van der Waals surface area contributed by atoms with Crippen LogP contribution in [0.25, 0.3) is 0 Å². The van der Waals surface area contributed by atoms with Crippen LogP contribution in [-0.2, 0) is 6.42 Å². The summed E-state index contributed by atoms with van der Waals surface area (Å²) in [6.07, 6.45) is 7.85. The first-order valence-corrected chi connectivity index (χ1v) is 8.87. The highest BCUT2D eigenvalue weighted by Gasteiger charge is 2.31. The van der Waals surface area contributed by atoms with Crippen LogP contribution in [-0.4, -0.2) is 12.6 Å². The second-order valence-corrected chi connectivity index (χ2v) is 7.66. The molecule has 1 N–H and O–H groups in total. The SMILES string of the molecule is CCC(C)(C)C1CCC(NCCc2ccc(Cl)cc2)CC1. The van der Waals surface area contributed by atoms with E-state index in [-0.39, 0.29) is 0 Å². The van der Waals surface area contributed by atoms with Gasteiger partial charge < -0.3 is 5.32 Å². The van der Waals surface area contributed by atoms with Gasteiger partial charge in [-0.3, -0.25) is 0 Å². The van der Waals surface area contributed by atoms with E-state index < -0.39 is 0 Å². The van der Waals surface area contributed by atoms with Crippen LogP contribution in [0, 0.1) is 11.3 Å². The summed E-state index contributed by atoms with van der Waals surface area (Å²) in [6.45, 7) is 8.28. The number of rotatable bonds is 6. The Morgan fingerprint density at radius 2 is 1.71 bits per heavy atom. The van der Waals surface area contributed by atoms with Gasteiger partial charge in [0, 0.05) is 11.1 Å². The van der Waals surface area contributed by atoms with E-state index in [0.29, 0.717) is 5.41 Å². The Morgan fingerprint density at radius 1 is 1.10 bits per heavy atom. The second kappa shape index (κ2) is 7.65. The zero-order valence-electron chi connectivity index (χ0n) is 13.8. The van der Waals surface area contributed by atoms with Gasteiger partial charge in [-0.2, -0.15) is 0 Å². The second-order valence-electron chi connectivity index (χ2n) is 7.22. The largest absolute Gasteiger partial charge is 0.314 e. The molecule has 0 spiro atoms. The zero-order valence-corrected chi connectivity index (χ0v) is 14.5. The van der Waals surface area contributed by atoms with Crippen LogP contribution in [0.4, 0.5) is 0 Å². The molecule has 2 rings (SSSR count). The van der Waals surface area contributed by atoms with Crippen molar-refractivity contribution in [2.45, 2.75) is 65.3 Å². The third kappa shape index (κ3) is 5.00. The summed E-state index contributed by atoms with van der Waals surface area (Å²) < 4.78 is 0. The Balaban J connectivity index is 1.68. The van der Waals surface area contributed by atoms with Crippen molar-refractivity contribution in [3.8, 4) is 0 Å². The summed E-state index contributed by atoms with van der Waals surface area (Å²) in [7, 11) is 0. The molecule has 0 bridgehead atoms. The predicted octanol–water partition coefficient (Wildman–Crippen LogP) is 5.47. The highest BCUT2D eigenvalue weighted by Crippen LogP contribution is 2.40. The predicted molar refractivity (Wildman–Crippen MR) is 93.0 cm³/mol. The summed E-state index contributed by atoms with van der Waals surface area (Å²) in [5.41, 5.74) is 1.89. The fourth-order valence-electron chi connectivity index (χ4n) is 3.44. The first-order chi connectivity index (χ1) is 10.0. The lowest BCUT2D eigenvalue weighted by atomic mass is 9.69. The average molecular weight is 308 g/mol. The van der Waals surface area contributed by atoms with E-state index in [1.165, 1.54) is 37.7 Å². The minimum atomic E-state index is 0.522. The number of nitrogens with one attached hydrogen (secondary N) is 1. The van der Waals surface area contributed by atoms with Crippen LogP contribution < -0.4 is 5.32 Å². The van der Waals surface area contributed by atoms with Crippen LogP contribution >= 0.6 is 11.6 Å². The van der Waals surface area contributed by atoms with Crippen molar-refractivity contribution in [3.63, 3.8) is 0 Å². The van der Waals surface area contributed by atoms with E-state index in [4.69, 9.17) is 11.6 Å². The molecule has 1 saturated carbocycles. The molecule has 1 aromatic carbocycles. The van der Waals surface area contributed by atoms with Crippen LogP contribution in [0.1, 0.15) is 58.4 Å². The third-order valence-corrected chi connectivity index (χ3v) is 5.76. The number of hydrogen-bond acceptors (Lipinski definition) is 1. The maximum Gasteiger partial charge on any atom is 0.0406 e. The Hall–Kier alpha value is -0.530. The molecule has 1 fully saturated rings. The molecule has 0 saturated heterocycles. The van der Waals surface area contributed by atoms with E-state index in [1.807, 2.05) is 12.1 Å². The quantitative estimate of drug-likeness (QED) is 0.735.